The third-order valence-electron chi connectivity index (χ3n) is 5.63. The molecule has 8 nitrogen and oxygen atoms in total. The molecule has 8 heteroatoms. The van der Waals surface area contributed by atoms with Gasteiger partial charge in [0.05, 0.1) is 19.8 Å². The molecule has 0 saturated carbocycles. The molecule has 2 aromatic carbocycles. The Kier molecular flexibility index (Phi) is 10.1. The van der Waals surface area contributed by atoms with Gasteiger partial charge in [0.2, 0.25) is 11.8 Å². The van der Waals surface area contributed by atoms with Crippen LogP contribution in [0.4, 0.5) is 0 Å². The second kappa shape index (κ2) is 13.5. The third-order valence-corrected chi connectivity index (χ3v) is 5.63. The number of benzene rings is 2. The summed E-state index contributed by atoms with van der Waals surface area (Å²) in [5, 5.41) is 5.49. The molecule has 0 aliphatic carbocycles. The van der Waals surface area contributed by atoms with Gasteiger partial charge in [-0.15, -0.1) is 0 Å². The highest BCUT2D eigenvalue weighted by atomic mass is 16.5. The zero-order chi connectivity index (χ0) is 24.2. The first-order valence-electron chi connectivity index (χ1n) is 11.7. The smallest absolute Gasteiger partial charge is 0.328 e. The van der Waals surface area contributed by atoms with E-state index in [1.165, 1.54) is 0 Å². The fourth-order valence-electron chi connectivity index (χ4n) is 3.65. The fourth-order valence-corrected chi connectivity index (χ4v) is 3.65. The molecule has 34 heavy (non-hydrogen) atoms. The van der Waals surface area contributed by atoms with Crippen LogP contribution < -0.4 is 10.6 Å². The molecule has 0 unspecified atom stereocenters. The van der Waals surface area contributed by atoms with Crippen molar-refractivity contribution in [3.63, 3.8) is 0 Å². The predicted octanol–water partition coefficient (Wildman–Crippen LogP) is 1.68. The normalized spacial score (nSPS) is 15.7. The van der Waals surface area contributed by atoms with Gasteiger partial charge in [0.25, 0.3) is 0 Å². The SMILES string of the molecule is C[C@H](NC(=O)CN1CCOCC1)C(=O)N[C@@H](CCc1ccccc1)C(=O)OCc1ccccc1. The van der Waals surface area contributed by atoms with Crippen molar-refractivity contribution < 1.29 is 23.9 Å². The minimum Gasteiger partial charge on any atom is -0.459 e. The number of hydrogen-bond acceptors (Lipinski definition) is 6. The van der Waals surface area contributed by atoms with E-state index in [4.69, 9.17) is 9.47 Å². The van der Waals surface area contributed by atoms with Gasteiger partial charge >= 0.3 is 5.97 Å². The van der Waals surface area contributed by atoms with Gasteiger partial charge in [0.1, 0.15) is 18.7 Å². The van der Waals surface area contributed by atoms with Crippen molar-refractivity contribution in [1.29, 1.82) is 0 Å². The van der Waals surface area contributed by atoms with Crippen LogP contribution >= 0.6 is 0 Å². The van der Waals surface area contributed by atoms with Crippen molar-refractivity contribution in [3.8, 4) is 0 Å². The van der Waals surface area contributed by atoms with Crippen LogP contribution in [0.25, 0.3) is 0 Å². The summed E-state index contributed by atoms with van der Waals surface area (Å²) in [6.45, 7) is 4.50. The summed E-state index contributed by atoms with van der Waals surface area (Å²) in [6, 6.07) is 17.5. The minimum absolute atomic E-state index is 0.128. The third kappa shape index (κ3) is 8.61. The van der Waals surface area contributed by atoms with Crippen LogP contribution in [0.2, 0.25) is 0 Å². The number of rotatable bonds is 11. The lowest BCUT2D eigenvalue weighted by molar-refractivity contribution is -0.149. The van der Waals surface area contributed by atoms with Crippen LogP contribution in [-0.2, 0) is 36.9 Å². The van der Waals surface area contributed by atoms with E-state index < -0.39 is 24.0 Å². The Morgan fingerprint density at radius 3 is 2.21 bits per heavy atom. The van der Waals surface area contributed by atoms with E-state index in [1.54, 1.807) is 6.92 Å². The van der Waals surface area contributed by atoms with E-state index in [1.807, 2.05) is 65.6 Å². The monoisotopic (exact) mass is 467 g/mol. The molecule has 0 radical (unpaired) electrons. The van der Waals surface area contributed by atoms with Gasteiger partial charge in [-0.3, -0.25) is 14.5 Å². The maximum absolute atomic E-state index is 12.8. The number of esters is 1. The summed E-state index contributed by atoms with van der Waals surface area (Å²) >= 11 is 0. The Bertz CT molecular complexity index is 917. The number of nitrogens with zero attached hydrogens (tertiary/aromatic N) is 1. The lowest BCUT2D eigenvalue weighted by Gasteiger charge is -2.26. The van der Waals surface area contributed by atoms with Crippen LogP contribution in [0.1, 0.15) is 24.5 Å². The lowest BCUT2D eigenvalue weighted by atomic mass is 10.0. The minimum atomic E-state index is -0.824. The molecule has 1 fully saturated rings. The lowest BCUT2D eigenvalue weighted by Crippen LogP contribution is -2.52. The Morgan fingerprint density at radius 2 is 1.56 bits per heavy atom. The average molecular weight is 468 g/mol. The Balaban J connectivity index is 1.55. The largest absolute Gasteiger partial charge is 0.459 e. The maximum Gasteiger partial charge on any atom is 0.328 e. The van der Waals surface area contributed by atoms with E-state index in [0.29, 0.717) is 39.1 Å². The van der Waals surface area contributed by atoms with Gasteiger partial charge in [-0.25, -0.2) is 4.79 Å². The number of aryl methyl sites for hydroxylation is 1. The summed E-state index contributed by atoms with van der Waals surface area (Å²) in [4.78, 5) is 40.0. The second-order valence-electron chi connectivity index (χ2n) is 8.36. The highest BCUT2D eigenvalue weighted by Gasteiger charge is 2.26. The van der Waals surface area contributed by atoms with Crippen LogP contribution in [0.15, 0.2) is 60.7 Å². The van der Waals surface area contributed by atoms with E-state index in [2.05, 4.69) is 10.6 Å². The van der Waals surface area contributed by atoms with E-state index in [-0.39, 0.29) is 19.1 Å². The topological polar surface area (TPSA) is 97.0 Å². The predicted molar refractivity (Wildman–Crippen MR) is 128 cm³/mol. The molecule has 2 N–H and O–H groups in total. The zero-order valence-corrected chi connectivity index (χ0v) is 19.6. The van der Waals surface area contributed by atoms with Gasteiger partial charge < -0.3 is 20.1 Å². The molecule has 0 bridgehead atoms. The van der Waals surface area contributed by atoms with Crippen LogP contribution in [0.5, 0.6) is 0 Å². The molecule has 0 spiro atoms. The first-order chi connectivity index (χ1) is 16.5. The Labute approximate surface area is 200 Å². The standard InChI is InChI=1S/C26H33N3O5/c1-20(27-24(30)18-29-14-16-33-17-15-29)25(31)28-23(13-12-21-8-4-2-5-9-21)26(32)34-19-22-10-6-3-7-11-22/h2-11,20,23H,12-19H2,1H3,(H,27,30)(H,28,31)/t20-,23-/m0/s1. The number of carbonyl (C=O) groups is 3. The van der Waals surface area contributed by atoms with Crippen molar-refractivity contribution in [2.45, 2.75) is 38.5 Å². The number of hydrogen-bond donors (Lipinski definition) is 2. The second-order valence-corrected chi connectivity index (χ2v) is 8.36. The number of morpholine rings is 1. The first-order valence-corrected chi connectivity index (χ1v) is 11.7. The van der Waals surface area contributed by atoms with E-state index in [9.17, 15) is 14.4 Å². The fraction of sp³-hybridized carbons (Fsp3) is 0.423. The van der Waals surface area contributed by atoms with Crippen molar-refractivity contribution in [3.05, 3.63) is 71.8 Å². The molecule has 2 aromatic rings. The summed E-state index contributed by atoms with van der Waals surface area (Å²) in [6.07, 6.45) is 0.988. The van der Waals surface area contributed by atoms with Gasteiger partial charge in [-0.2, -0.15) is 0 Å². The average Bonchev–Trinajstić information content (AvgIpc) is 2.86. The quantitative estimate of drug-likeness (QED) is 0.488. The number of ether oxygens (including phenoxy) is 2. The van der Waals surface area contributed by atoms with Crippen LogP contribution in [-0.4, -0.2) is 67.6 Å². The molecule has 182 valence electrons. The molecule has 1 saturated heterocycles. The Morgan fingerprint density at radius 1 is 0.941 bits per heavy atom. The summed E-state index contributed by atoms with van der Waals surface area (Å²) < 4.78 is 10.8. The van der Waals surface area contributed by atoms with Gasteiger partial charge in [0.15, 0.2) is 0 Å². The molecule has 0 aromatic heterocycles. The van der Waals surface area contributed by atoms with Crippen molar-refractivity contribution in [2.75, 3.05) is 32.8 Å². The Hall–Kier alpha value is -3.23. The molecule has 1 heterocycles. The number of nitrogens with one attached hydrogen (secondary N) is 2. The number of amides is 2. The molecule has 3 rings (SSSR count). The van der Waals surface area contributed by atoms with Crippen LogP contribution in [0, 0.1) is 0 Å². The zero-order valence-electron chi connectivity index (χ0n) is 19.6. The summed E-state index contributed by atoms with van der Waals surface area (Å²) in [5.41, 5.74) is 1.93. The van der Waals surface area contributed by atoms with Gasteiger partial charge in [0, 0.05) is 13.1 Å². The van der Waals surface area contributed by atoms with E-state index >= 15 is 0 Å². The van der Waals surface area contributed by atoms with Crippen molar-refractivity contribution in [1.82, 2.24) is 15.5 Å². The molecule has 1 aliphatic heterocycles. The number of carbonyl (C=O) groups excluding carboxylic acids is 3. The highest BCUT2D eigenvalue weighted by molar-refractivity contribution is 5.90. The molecular weight excluding hydrogens is 434 g/mol. The first kappa shape index (κ1) is 25.4. The van der Waals surface area contributed by atoms with Gasteiger partial charge in [-0.1, -0.05) is 60.7 Å². The van der Waals surface area contributed by atoms with Gasteiger partial charge in [-0.05, 0) is 30.9 Å². The van der Waals surface area contributed by atoms with Crippen molar-refractivity contribution in [2.24, 2.45) is 0 Å². The summed E-state index contributed by atoms with van der Waals surface area (Å²) in [5.74, 6) is -1.16. The highest BCUT2D eigenvalue weighted by Crippen LogP contribution is 2.09. The van der Waals surface area contributed by atoms with Crippen molar-refractivity contribution >= 4 is 17.8 Å². The molecule has 2 amide bonds. The van der Waals surface area contributed by atoms with E-state index in [0.717, 1.165) is 11.1 Å². The molecule has 2 atom stereocenters. The molecule has 1 aliphatic rings. The molecular formula is C26H33N3O5. The van der Waals surface area contributed by atoms with Crippen LogP contribution in [0.3, 0.4) is 0 Å². The summed E-state index contributed by atoms with van der Waals surface area (Å²) in [7, 11) is 0. The maximum atomic E-state index is 12.8.